The minimum Gasteiger partial charge on any atom is -0.480 e. The number of nitrogens with zero attached hydrogens (tertiary/aromatic N) is 2. The molecule has 4 atom stereocenters. The Morgan fingerprint density at radius 1 is 1.29 bits per heavy atom. The van der Waals surface area contributed by atoms with Gasteiger partial charge in [-0.05, 0) is 54.0 Å². The quantitative estimate of drug-likeness (QED) is 0.821. The van der Waals surface area contributed by atoms with E-state index < -0.39 is 11.5 Å². The summed E-state index contributed by atoms with van der Waals surface area (Å²) in [6, 6.07) is 1.66. The molecule has 0 aromatic rings. The van der Waals surface area contributed by atoms with Crippen LogP contribution in [0.4, 0.5) is 0 Å². The molecule has 2 rings (SSSR count). The van der Waals surface area contributed by atoms with E-state index >= 15 is 0 Å². The monoisotopic (exact) mass is 297 g/mol. The molecule has 1 heterocycles. The molecule has 0 amide bonds. The van der Waals surface area contributed by atoms with Gasteiger partial charge in [0.15, 0.2) is 0 Å². The van der Waals surface area contributed by atoms with Crippen molar-refractivity contribution < 1.29 is 9.90 Å². The summed E-state index contributed by atoms with van der Waals surface area (Å²) < 4.78 is 0. The van der Waals surface area contributed by atoms with E-state index in [1.54, 1.807) is 0 Å². The number of rotatable bonds is 4. The van der Waals surface area contributed by atoms with E-state index in [2.05, 4.69) is 36.0 Å². The lowest BCUT2D eigenvalue weighted by Gasteiger charge is -2.45. The molecule has 0 bridgehead atoms. The lowest BCUT2D eigenvalue weighted by molar-refractivity contribution is -0.145. The first-order valence-electron chi connectivity index (χ1n) is 8.22. The first kappa shape index (κ1) is 16.7. The Balaban J connectivity index is 2.05. The zero-order chi connectivity index (χ0) is 15.8. The molecule has 0 aromatic heterocycles. The van der Waals surface area contributed by atoms with Crippen LogP contribution in [-0.4, -0.2) is 70.7 Å². The van der Waals surface area contributed by atoms with Crippen LogP contribution in [0.1, 0.15) is 47.0 Å². The Morgan fingerprint density at radius 3 is 2.33 bits per heavy atom. The average Bonchev–Trinajstić information content (AvgIpc) is 2.80. The van der Waals surface area contributed by atoms with E-state index in [0.717, 1.165) is 32.4 Å². The highest BCUT2D eigenvalue weighted by Crippen LogP contribution is 2.35. The number of nitrogens with one attached hydrogen (secondary N) is 1. The van der Waals surface area contributed by atoms with Gasteiger partial charge in [-0.2, -0.15) is 0 Å². The highest BCUT2D eigenvalue weighted by Gasteiger charge is 2.48. The molecular weight excluding hydrogens is 266 g/mol. The lowest BCUT2D eigenvalue weighted by atomic mass is 9.95. The third kappa shape index (κ3) is 3.41. The number of hydrogen-bond donors (Lipinski definition) is 2. The third-order valence-electron chi connectivity index (χ3n) is 5.37. The first-order valence-corrected chi connectivity index (χ1v) is 8.22. The van der Waals surface area contributed by atoms with Gasteiger partial charge in [0.2, 0.25) is 0 Å². The molecule has 2 aliphatic rings. The Hall–Kier alpha value is -0.650. The van der Waals surface area contributed by atoms with Crippen molar-refractivity contribution in [1.82, 2.24) is 15.1 Å². The van der Waals surface area contributed by atoms with E-state index in [0.29, 0.717) is 18.1 Å². The maximum absolute atomic E-state index is 11.8. The van der Waals surface area contributed by atoms with Gasteiger partial charge in [-0.15, -0.1) is 0 Å². The van der Waals surface area contributed by atoms with Crippen molar-refractivity contribution in [2.75, 3.05) is 20.1 Å². The summed E-state index contributed by atoms with van der Waals surface area (Å²) in [5.74, 6) is -0.686. The fourth-order valence-corrected chi connectivity index (χ4v) is 4.01. The summed E-state index contributed by atoms with van der Waals surface area (Å²) in [6.07, 6.45) is 2.44. The van der Waals surface area contributed by atoms with Crippen LogP contribution in [0, 0.1) is 0 Å². The predicted molar refractivity (Wildman–Crippen MR) is 84.5 cm³/mol. The van der Waals surface area contributed by atoms with Crippen LogP contribution < -0.4 is 5.32 Å². The number of hydrogen-bond acceptors (Lipinski definition) is 4. The van der Waals surface area contributed by atoms with Gasteiger partial charge in [-0.1, -0.05) is 0 Å². The average molecular weight is 297 g/mol. The Bertz CT molecular complexity index is 376. The van der Waals surface area contributed by atoms with Crippen LogP contribution in [0.2, 0.25) is 0 Å². The Morgan fingerprint density at radius 2 is 1.86 bits per heavy atom. The van der Waals surface area contributed by atoms with Crippen LogP contribution in [-0.2, 0) is 4.79 Å². The normalized spacial score (nSPS) is 39.0. The van der Waals surface area contributed by atoms with E-state index in [9.17, 15) is 9.90 Å². The summed E-state index contributed by atoms with van der Waals surface area (Å²) in [4.78, 5) is 16.7. The van der Waals surface area contributed by atoms with E-state index in [-0.39, 0.29) is 6.04 Å². The number of carboxylic acids is 1. The summed E-state index contributed by atoms with van der Waals surface area (Å²) in [5, 5.41) is 13.0. The van der Waals surface area contributed by atoms with Crippen molar-refractivity contribution >= 4 is 5.97 Å². The minimum absolute atomic E-state index is 0.199. The molecule has 2 fully saturated rings. The number of carbonyl (C=O) groups is 1. The maximum atomic E-state index is 11.8. The van der Waals surface area contributed by atoms with Crippen LogP contribution in [0.15, 0.2) is 0 Å². The van der Waals surface area contributed by atoms with Crippen LogP contribution in [0.25, 0.3) is 0 Å². The molecule has 5 heteroatoms. The lowest BCUT2D eigenvalue weighted by Crippen LogP contribution is -2.58. The molecule has 5 nitrogen and oxygen atoms in total. The van der Waals surface area contributed by atoms with Gasteiger partial charge in [0.05, 0.1) is 0 Å². The third-order valence-corrected chi connectivity index (χ3v) is 5.37. The van der Waals surface area contributed by atoms with Crippen molar-refractivity contribution in [2.45, 2.75) is 76.7 Å². The van der Waals surface area contributed by atoms with Crippen molar-refractivity contribution in [1.29, 1.82) is 0 Å². The Kier molecular flexibility index (Phi) is 4.96. The van der Waals surface area contributed by atoms with Crippen molar-refractivity contribution in [2.24, 2.45) is 0 Å². The summed E-state index contributed by atoms with van der Waals surface area (Å²) in [5.41, 5.74) is -0.728. The first-order chi connectivity index (χ1) is 9.75. The summed E-state index contributed by atoms with van der Waals surface area (Å²) >= 11 is 0. The number of piperazine rings is 1. The van der Waals surface area contributed by atoms with Gasteiger partial charge in [-0.3, -0.25) is 19.9 Å². The SMILES string of the molecule is CC(C)NC1(C(=O)O)CCC(N2CC(C)N(C)C(C)C2)C1. The molecule has 2 N–H and O–H groups in total. The number of aliphatic carboxylic acids is 1. The van der Waals surface area contributed by atoms with Crippen molar-refractivity contribution in [3.05, 3.63) is 0 Å². The number of likely N-dealkylation sites (N-methyl/N-ethyl adjacent to an activating group) is 1. The molecular formula is C16H31N3O2. The molecule has 4 unspecified atom stereocenters. The van der Waals surface area contributed by atoms with Crippen LogP contribution in [0.5, 0.6) is 0 Å². The predicted octanol–water partition coefficient (Wildman–Crippen LogP) is 1.38. The smallest absolute Gasteiger partial charge is 0.323 e. The second kappa shape index (κ2) is 6.23. The standard InChI is InChI=1S/C16H31N3O2/c1-11(2)17-16(15(20)21)7-6-14(8-16)19-9-12(3)18(5)13(4)10-19/h11-14,17H,6-10H2,1-5H3,(H,20,21). The molecule has 21 heavy (non-hydrogen) atoms. The van der Waals surface area contributed by atoms with Gasteiger partial charge >= 0.3 is 5.97 Å². The molecule has 1 aliphatic carbocycles. The Labute approximate surface area is 128 Å². The molecule has 0 spiro atoms. The van der Waals surface area contributed by atoms with Gasteiger partial charge in [0.25, 0.3) is 0 Å². The second-order valence-corrected chi connectivity index (χ2v) is 7.40. The molecule has 1 aliphatic heterocycles. The summed E-state index contributed by atoms with van der Waals surface area (Å²) in [7, 11) is 2.18. The van der Waals surface area contributed by atoms with E-state index in [4.69, 9.17) is 0 Å². The largest absolute Gasteiger partial charge is 0.480 e. The van der Waals surface area contributed by atoms with Gasteiger partial charge < -0.3 is 5.11 Å². The molecule has 122 valence electrons. The zero-order valence-electron chi connectivity index (χ0n) is 14.1. The summed E-state index contributed by atoms with van der Waals surface area (Å²) in [6.45, 7) is 10.7. The van der Waals surface area contributed by atoms with E-state index in [1.807, 2.05) is 13.8 Å². The van der Waals surface area contributed by atoms with Gasteiger partial charge in [0, 0.05) is 37.3 Å². The topological polar surface area (TPSA) is 55.8 Å². The number of carboxylic acid groups (broad SMARTS) is 1. The van der Waals surface area contributed by atoms with Crippen LogP contribution >= 0.6 is 0 Å². The highest BCUT2D eigenvalue weighted by atomic mass is 16.4. The molecule has 1 saturated heterocycles. The highest BCUT2D eigenvalue weighted by molar-refractivity contribution is 5.79. The minimum atomic E-state index is -0.728. The molecule has 0 radical (unpaired) electrons. The zero-order valence-corrected chi connectivity index (χ0v) is 14.1. The van der Waals surface area contributed by atoms with E-state index in [1.165, 1.54) is 0 Å². The molecule has 1 saturated carbocycles. The van der Waals surface area contributed by atoms with Crippen molar-refractivity contribution in [3.63, 3.8) is 0 Å². The second-order valence-electron chi connectivity index (χ2n) is 7.40. The van der Waals surface area contributed by atoms with Crippen LogP contribution in [0.3, 0.4) is 0 Å². The fraction of sp³-hybridized carbons (Fsp3) is 0.938. The molecule has 0 aromatic carbocycles. The maximum Gasteiger partial charge on any atom is 0.323 e. The van der Waals surface area contributed by atoms with Crippen molar-refractivity contribution in [3.8, 4) is 0 Å². The van der Waals surface area contributed by atoms with Gasteiger partial charge in [-0.25, -0.2) is 0 Å². The fourth-order valence-electron chi connectivity index (χ4n) is 4.01. The van der Waals surface area contributed by atoms with Gasteiger partial charge in [0.1, 0.15) is 5.54 Å².